The Morgan fingerprint density at radius 2 is 1.91 bits per heavy atom. The van der Waals surface area contributed by atoms with Crippen LogP contribution < -0.4 is 11.1 Å². The highest BCUT2D eigenvalue weighted by molar-refractivity contribution is 6.30. The molecule has 0 aliphatic heterocycles. The molecule has 1 aromatic rings. The van der Waals surface area contributed by atoms with Crippen LogP contribution in [0.25, 0.3) is 0 Å². The van der Waals surface area contributed by atoms with Crippen LogP contribution in [0.1, 0.15) is 63.9 Å². The fraction of sp³-hybridized carbons (Fsp3) is 0.684. The van der Waals surface area contributed by atoms with Gasteiger partial charge in [-0.2, -0.15) is 0 Å². The molecule has 1 fully saturated rings. The summed E-state index contributed by atoms with van der Waals surface area (Å²) in [5.41, 5.74) is 6.47. The number of rotatable bonds is 7. The van der Waals surface area contributed by atoms with Crippen LogP contribution in [0.3, 0.4) is 0 Å². The van der Waals surface area contributed by atoms with Crippen molar-refractivity contribution in [1.29, 1.82) is 0 Å². The summed E-state index contributed by atoms with van der Waals surface area (Å²) in [6.07, 6.45) is 11.4. The lowest BCUT2D eigenvalue weighted by molar-refractivity contribution is 0.380. The summed E-state index contributed by atoms with van der Waals surface area (Å²) < 4.78 is 12.8. The molecule has 3 N–H and O–H groups in total. The molecule has 0 unspecified atom stereocenters. The van der Waals surface area contributed by atoms with Crippen LogP contribution in [0.15, 0.2) is 18.2 Å². The molecule has 2 rings (SSSR count). The summed E-state index contributed by atoms with van der Waals surface area (Å²) in [5, 5.41) is 3.69. The summed E-state index contributed by atoms with van der Waals surface area (Å²) >= 11 is 5.66. The monoisotopic (exact) mass is 342 g/mol. The zero-order chi connectivity index (χ0) is 16.9. The number of benzene rings is 1. The highest BCUT2D eigenvalue weighted by atomic mass is 35.5. The summed E-state index contributed by atoms with van der Waals surface area (Å²) in [5.74, 6) is -0.350. The van der Waals surface area contributed by atoms with Gasteiger partial charge in [-0.25, -0.2) is 4.39 Å². The maximum absolute atomic E-state index is 12.8. The van der Waals surface area contributed by atoms with Gasteiger partial charge in [-0.1, -0.05) is 50.3 Å². The zero-order valence-electron chi connectivity index (χ0n) is 14.4. The second-order valence-corrected chi connectivity index (χ2v) is 6.65. The predicted octanol–water partition coefficient (Wildman–Crippen LogP) is 5.08. The maximum Gasteiger partial charge on any atom is 0.141 e. The lowest BCUT2D eigenvalue weighted by Gasteiger charge is -2.21. The lowest BCUT2D eigenvalue weighted by atomic mass is 9.96. The molecule has 0 amide bonds. The largest absolute Gasteiger partial charge is 0.330 e. The van der Waals surface area contributed by atoms with Gasteiger partial charge in [0, 0.05) is 6.04 Å². The Morgan fingerprint density at radius 3 is 2.52 bits per heavy atom. The van der Waals surface area contributed by atoms with Crippen LogP contribution in [0.2, 0.25) is 5.02 Å². The fourth-order valence-corrected chi connectivity index (χ4v) is 3.14. The molecule has 1 saturated carbocycles. The van der Waals surface area contributed by atoms with Crippen molar-refractivity contribution >= 4 is 11.6 Å². The van der Waals surface area contributed by atoms with E-state index in [0.29, 0.717) is 0 Å². The third-order valence-corrected chi connectivity index (χ3v) is 4.54. The van der Waals surface area contributed by atoms with E-state index in [4.69, 9.17) is 17.3 Å². The molecule has 132 valence electrons. The Morgan fingerprint density at radius 1 is 1.17 bits per heavy atom. The van der Waals surface area contributed by atoms with E-state index in [1.54, 1.807) is 12.1 Å². The molecule has 0 saturated heterocycles. The first-order valence-corrected chi connectivity index (χ1v) is 9.42. The number of halogens is 2. The first-order valence-electron chi connectivity index (χ1n) is 9.04. The lowest BCUT2D eigenvalue weighted by Crippen LogP contribution is -2.30. The van der Waals surface area contributed by atoms with Crippen LogP contribution in [0, 0.1) is 5.82 Å². The quantitative estimate of drug-likeness (QED) is 0.678. The second kappa shape index (κ2) is 12.7. The van der Waals surface area contributed by atoms with Gasteiger partial charge in [-0.05, 0) is 62.9 Å². The van der Waals surface area contributed by atoms with Crippen molar-refractivity contribution in [3.05, 3.63) is 34.6 Å². The van der Waals surface area contributed by atoms with E-state index in [-0.39, 0.29) is 10.8 Å². The Kier molecular flexibility index (Phi) is 11.3. The van der Waals surface area contributed by atoms with Crippen LogP contribution in [0.5, 0.6) is 0 Å². The number of nitrogens with two attached hydrogens (primary N) is 1. The number of nitrogens with one attached hydrogen (secondary N) is 1. The van der Waals surface area contributed by atoms with Crippen molar-refractivity contribution in [2.45, 2.75) is 70.8 Å². The minimum absolute atomic E-state index is 0.210. The molecule has 0 radical (unpaired) electrons. The Bertz CT molecular complexity index is 417. The van der Waals surface area contributed by atoms with Crippen molar-refractivity contribution in [2.75, 3.05) is 13.1 Å². The first kappa shape index (κ1) is 20.4. The molecule has 1 aliphatic carbocycles. The van der Waals surface area contributed by atoms with E-state index in [2.05, 4.69) is 12.2 Å². The first-order chi connectivity index (χ1) is 11.2. The topological polar surface area (TPSA) is 38.0 Å². The average Bonchev–Trinajstić information content (AvgIpc) is 2.57. The van der Waals surface area contributed by atoms with E-state index < -0.39 is 0 Å². The van der Waals surface area contributed by atoms with Gasteiger partial charge in [-0.3, -0.25) is 0 Å². The summed E-state index contributed by atoms with van der Waals surface area (Å²) in [6.45, 7) is 4.07. The minimum Gasteiger partial charge on any atom is -0.330 e. The van der Waals surface area contributed by atoms with Gasteiger partial charge >= 0.3 is 0 Å². The van der Waals surface area contributed by atoms with Crippen molar-refractivity contribution in [3.8, 4) is 0 Å². The van der Waals surface area contributed by atoms with Gasteiger partial charge in [0.05, 0.1) is 5.02 Å². The molecule has 0 spiro atoms. The summed E-state index contributed by atoms with van der Waals surface area (Å²) in [4.78, 5) is 0. The molecule has 1 aromatic carbocycles. The van der Waals surface area contributed by atoms with Gasteiger partial charge in [0.2, 0.25) is 0 Å². The smallest absolute Gasteiger partial charge is 0.141 e. The van der Waals surface area contributed by atoms with Gasteiger partial charge < -0.3 is 11.1 Å². The van der Waals surface area contributed by atoms with Gasteiger partial charge in [0.1, 0.15) is 5.82 Å². The molecule has 2 nitrogen and oxygen atoms in total. The normalized spacial score (nSPS) is 15.1. The highest BCUT2D eigenvalue weighted by Crippen LogP contribution is 2.18. The molecule has 0 aromatic heterocycles. The molecule has 23 heavy (non-hydrogen) atoms. The fourth-order valence-electron chi connectivity index (χ4n) is 2.94. The van der Waals surface area contributed by atoms with E-state index in [0.717, 1.165) is 50.4 Å². The third kappa shape index (κ3) is 9.29. The van der Waals surface area contributed by atoms with Crippen LogP contribution >= 0.6 is 11.6 Å². The molecular weight excluding hydrogens is 311 g/mol. The minimum atomic E-state index is -0.350. The van der Waals surface area contributed by atoms with Crippen LogP contribution in [-0.2, 0) is 6.42 Å². The van der Waals surface area contributed by atoms with Crippen molar-refractivity contribution in [3.63, 3.8) is 0 Å². The van der Waals surface area contributed by atoms with Crippen LogP contribution in [-0.4, -0.2) is 19.1 Å². The van der Waals surface area contributed by atoms with E-state index in [9.17, 15) is 4.39 Å². The number of aryl methyl sites for hydroxylation is 1. The predicted molar refractivity (Wildman–Crippen MR) is 98.6 cm³/mol. The summed E-state index contributed by atoms with van der Waals surface area (Å²) in [7, 11) is 0. The Balaban J connectivity index is 0.000000253. The van der Waals surface area contributed by atoms with E-state index >= 15 is 0 Å². The number of unbranched alkanes of at least 4 members (excludes halogenated alkanes) is 2. The van der Waals surface area contributed by atoms with Gasteiger partial charge in [0.15, 0.2) is 0 Å². The van der Waals surface area contributed by atoms with E-state index in [1.807, 2.05) is 0 Å². The number of hydrogen-bond donors (Lipinski definition) is 2. The second-order valence-electron chi connectivity index (χ2n) is 6.24. The summed E-state index contributed by atoms with van der Waals surface area (Å²) in [6, 6.07) is 5.74. The van der Waals surface area contributed by atoms with Crippen molar-refractivity contribution in [2.24, 2.45) is 5.73 Å². The Labute approximate surface area is 146 Å². The average molecular weight is 343 g/mol. The zero-order valence-corrected chi connectivity index (χ0v) is 15.2. The van der Waals surface area contributed by atoms with Crippen molar-refractivity contribution in [1.82, 2.24) is 5.32 Å². The molecular formula is C19H32ClFN2. The van der Waals surface area contributed by atoms with E-state index in [1.165, 1.54) is 38.2 Å². The number of hydrogen-bond acceptors (Lipinski definition) is 2. The molecule has 4 heteroatoms. The SMILES string of the molecule is CCNC1CCCCC1.NCCCCCc1ccc(F)c(Cl)c1. The standard InChI is InChI=1S/C11H15ClFN.C8H17N/c12-10-8-9(5-6-11(10)13)4-2-1-3-7-14;1-2-9-8-6-4-3-5-7-8/h5-6,8H,1-4,7,14H2;8-9H,2-7H2,1H3. The van der Waals surface area contributed by atoms with Crippen molar-refractivity contribution < 1.29 is 4.39 Å². The highest BCUT2D eigenvalue weighted by Gasteiger charge is 2.10. The van der Waals surface area contributed by atoms with Gasteiger partial charge in [-0.15, -0.1) is 0 Å². The molecule has 0 atom stereocenters. The third-order valence-electron chi connectivity index (χ3n) is 4.25. The molecule has 0 bridgehead atoms. The Hall–Kier alpha value is -0.640. The molecule has 0 heterocycles. The van der Waals surface area contributed by atoms with Crippen LogP contribution in [0.4, 0.5) is 4.39 Å². The molecule has 1 aliphatic rings. The van der Waals surface area contributed by atoms with Gasteiger partial charge in [0.25, 0.3) is 0 Å². The maximum atomic E-state index is 12.8.